The number of fused-ring (bicyclic) bond motifs is 6. The summed E-state index contributed by atoms with van der Waals surface area (Å²) < 4.78 is 14.3. The first kappa shape index (κ1) is 41.8. The predicted molar refractivity (Wildman–Crippen MR) is 247 cm³/mol. The zero-order valence-corrected chi connectivity index (χ0v) is 39.6. The fourth-order valence-corrected chi connectivity index (χ4v) is 12.2. The molecule has 10 rings (SSSR count). The smallest absolute Gasteiger partial charge is 0.216 e. The van der Waals surface area contributed by atoms with Crippen LogP contribution in [0.3, 0.4) is 0 Å². The summed E-state index contributed by atoms with van der Waals surface area (Å²) in [7, 11) is 0. The monoisotopic (exact) mass is 1030 g/mol. The van der Waals surface area contributed by atoms with Crippen LogP contribution >= 0.6 is 0 Å². The number of rotatable bonds is 8. The molecule has 0 N–H and O–H groups in total. The Morgan fingerprint density at radius 3 is 2.30 bits per heavy atom. The molecule has 1 aliphatic rings. The van der Waals surface area contributed by atoms with Crippen LogP contribution in [0.4, 0.5) is 0 Å². The van der Waals surface area contributed by atoms with Gasteiger partial charge in [-0.15, -0.1) is 18.2 Å². The van der Waals surface area contributed by atoms with Crippen LogP contribution in [0.5, 0.6) is 0 Å². The Bertz CT molecular complexity index is 2900. The summed E-state index contributed by atoms with van der Waals surface area (Å²) in [4.78, 5) is 14.4. The van der Waals surface area contributed by atoms with Crippen LogP contribution in [0, 0.1) is 24.0 Å². The van der Waals surface area contributed by atoms with Crippen molar-refractivity contribution in [1.29, 1.82) is 0 Å². The minimum Gasteiger partial charge on any atom is -0.486 e. The molecular weight excluding hydrogens is 975 g/mol. The van der Waals surface area contributed by atoms with E-state index in [9.17, 15) is 0 Å². The van der Waals surface area contributed by atoms with Gasteiger partial charge in [0.1, 0.15) is 11.2 Å². The van der Waals surface area contributed by atoms with Crippen molar-refractivity contribution in [2.24, 2.45) is 11.8 Å². The summed E-state index contributed by atoms with van der Waals surface area (Å²) in [6, 6.07) is 43.9. The second-order valence-electron chi connectivity index (χ2n) is 17.6. The van der Waals surface area contributed by atoms with Crippen LogP contribution in [-0.2, 0) is 32.9 Å². The molecule has 7 heteroatoms. The molecule has 0 unspecified atom stereocenters. The number of nitrogens with zero attached hydrogens (tertiary/aromatic N) is 3. The third-order valence-electron chi connectivity index (χ3n) is 11.7. The Labute approximate surface area is 369 Å². The largest absolute Gasteiger partial charge is 0.486 e. The number of hydrogen-bond donors (Lipinski definition) is 0. The van der Waals surface area contributed by atoms with Crippen molar-refractivity contribution in [2.45, 2.75) is 76.1 Å². The van der Waals surface area contributed by atoms with E-state index in [4.69, 9.17) is 23.8 Å². The van der Waals surface area contributed by atoms with Gasteiger partial charge in [0.15, 0.2) is 0 Å². The Morgan fingerprint density at radius 2 is 1.50 bits per heavy atom. The second-order valence-corrected chi connectivity index (χ2v) is 28.2. The summed E-state index contributed by atoms with van der Waals surface area (Å²) in [6.45, 7) is 4.57. The number of benzene rings is 4. The molecule has 1 radical (unpaired) electrons. The van der Waals surface area contributed by atoms with E-state index in [1.807, 2.05) is 48.7 Å². The van der Waals surface area contributed by atoms with E-state index in [0.29, 0.717) is 11.6 Å². The molecule has 4 aromatic carbocycles. The van der Waals surface area contributed by atoms with E-state index in [1.165, 1.54) is 43.2 Å². The third-order valence-corrected chi connectivity index (χ3v) is 16.1. The maximum Gasteiger partial charge on any atom is 0.216 e. The van der Waals surface area contributed by atoms with Crippen LogP contribution in [0.25, 0.3) is 77.8 Å². The van der Waals surface area contributed by atoms with Gasteiger partial charge < -0.3 is 13.8 Å². The molecule has 1 aliphatic carbocycles. The average Bonchev–Trinajstić information content (AvgIpc) is 3.82. The SMILES string of the molecule is CC(C)Cc1cc(-c2[c-]cccc2)nc[c]1[Ge]([CH3])([CH3])[CH3].[Ir].[c-]1ccc2c(oc3nc(-c4cccc5c4oc4ccccc45)ccc32)c1-c1cc(CC2CCCCC2)ccn1. The summed E-state index contributed by atoms with van der Waals surface area (Å²) in [5, 5.41) is 4.21. The molecule has 1 saturated carbocycles. The van der Waals surface area contributed by atoms with Crippen molar-refractivity contribution >= 4 is 61.7 Å². The standard InChI is InChI=1S/C35H27N2O2.C18H24GeN.Ir/c1-2-8-22(9-3-1)20-23-18-19-36-31(21-23)29-14-7-12-26-27-16-17-30(37-35(27)39-34(26)29)28-13-6-11-25-24-10-4-5-15-32(24)38-33(25)28;1-14(2)11-16-12-18(15-9-7-6-8-10-15)20-13-17(16)19(3,4)5;/h4-7,10-13,15-19,21-22H,1-3,8-9,20H2;6-9,12-14H,11H2,1-5H3;/q2*-1;. The predicted octanol–water partition coefficient (Wildman–Crippen LogP) is 13.8. The van der Waals surface area contributed by atoms with Crippen molar-refractivity contribution in [3.63, 3.8) is 0 Å². The number of hydrogen-bond acceptors (Lipinski definition) is 5. The molecule has 5 aromatic heterocycles. The van der Waals surface area contributed by atoms with Gasteiger partial charge >= 0.3 is 126 Å². The van der Waals surface area contributed by atoms with Crippen LogP contribution in [0.2, 0.25) is 17.3 Å². The van der Waals surface area contributed by atoms with E-state index >= 15 is 0 Å². The first-order valence-electron chi connectivity index (χ1n) is 21.3. The van der Waals surface area contributed by atoms with E-state index in [1.54, 1.807) is 4.40 Å². The van der Waals surface area contributed by atoms with Gasteiger partial charge in [0.25, 0.3) is 0 Å². The minimum absolute atomic E-state index is 0. The number of para-hydroxylation sites is 2. The van der Waals surface area contributed by atoms with E-state index in [-0.39, 0.29) is 20.1 Å². The van der Waals surface area contributed by atoms with Gasteiger partial charge in [-0.3, -0.25) is 0 Å². The van der Waals surface area contributed by atoms with Crippen molar-refractivity contribution in [1.82, 2.24) is 15.0 Å². The Morgan fingerprint density at radius 1 is 0.700 bits per heavy atom. The van der Waals surface area contributed by atoms with Crippen molar-refractivity contribution in [3.05, 3.63) is 145 Å². The fraction of sp³-hybridized carbons (Fsp3) is 0.264. The number of furan rings is 2. The molecule has 0 spiro atoms. The maximum atomic E-state index is 6.45. The van der Waals surface area contributed by atoms with Gasteiger partial charge in [0.05, 0.1) is 11.3 Å². The Kier molecular flexibility index (Phi) is 12.5. The number of aromatic nitrogens is 3. The first-order chi connectivity index (χ1) is 28.7. The summed E-state index contributed by atoms with van der Waals surface area (Å²) in [5.74, 6) is 8.77. The van der Waals surface area contributed by atoms with Gasteiger partial charge in [-0.05, 0) is 48.4 Å². The molecule has 60 heavy (non-hydrogen) atoms. The Hall–Kier alpha value is -4.88. The fourth-order valence-electron chi connectivity index (χ4n) is 8.86. The Balaban J connectivity index is 0.000000202. The van der Waals surface area contributed by atoms with Crippen molar-refractivity contribution < 1.29 is 28.9 Å². The minimum atomic E-state index is -1.86. The van der Waals surface area contributed by atoms with Crippen LogP contribution in [-0.4, -0.2) is 28.2 Å². The van der Waals surface area contributed by atoms with Gasteiger partial charge in [-0.1, -0.05) is 85.0 Å². The normalized spacial score (nSPS) is 13.5. The quantitative estimate of drug-likeness (QED) is 0.112. The van der Waals surface area contributed by atoms with E-state index < -0.39 is 13.3 Å². The number of pyridine rings is 3. The molecule has 5 nitrogen and oxygen atoms in total. The molecule has 0 bridgehead atoms. The van der Waals surface area contributed by atoms with E-state index in [0.717, 1.165) is 90.8 Å². The van der Waals surface area contributed by atoms with E-state index in [2.05, 4.69) is 116 Å². The summed E-state index contributed by atoms with van der Waals surface area (Å²) in [5.41, 5.74) is 11.6. The summed E-state index contributed by atoms with van der Waals surface area (Å²) >= 11 is -1.86. The van der Waals surface area contributed by atoms with Crippen LogP contribution in [0.15, 0.2) is 130 Å². The second kappa shape index (κ2) is 18.0. The molecule has 0 atom stereocenters. The van der Waals surface area contributed by atoms with Gasteiger partial charge in [-0.25, -0.2) is 4.98 Å². The molecular formula is C53H51GeIrN3O2-2. The molecule has 0 amide bonds. The van der Waals surface area contributed by atoms with Gasteiger partial charge in [0, 0.05) is 48.0 Å². The third kappa shape index (κ3) is 8.79. The average molecular weight is 1030 g/mol. The maximum absolute atomic E-state index is 6.45. The summed E-state index contributed by atoms with van der Waals surface area (Å²) in [6.07, 6.45) is 13.1. The van der Waals surface area contributed by atoms with Gasteiger partial charge in [0.2, 0.25) is 5.71 Å². The molecule has 5 heterocycles. The molecule has 1 fully saturated rings. The topological polar surface area (TPSA) is 65.0 Å². The van der Waals surface area contributed by atoms with Crippen molar-refractivity contribution in [2.75, 3.05) is 0 Å². The van der Waals surface area contributed by atoms with Crippen LogP contribution < -0.4 is 4.40 Å². The molecule has 305 valence electrons. The molecule has 0 aliphatic heterocycles. The molecule has 9 aromatic rings. The zero-order chi connectivity index (χ0) is 40.5. The van der Waals surface area contributed by atoms with Crippen LogP contribution in [0.1, 0.15) is 57.1 Å². The van der Waals surface area contributed by atoms with Gasteiger partial charge in [-0.2, -0.15) is 0 Å². The first-order valence-corrected chi connectivity index (χ1v) is 28.6. The molecule has 0 saturated heterocycles. The van der Waals surface area contributed by atoms with Crippen molar-refractivity contribution in [3.8, 4) is 33.8 Å². The zero-order valence-electron chi connectivity index (χ0n) is 35.1.